The summed E-state index contributed by atoms with van der Waals surface area (Å²) in [6.45, 7) is 0. The summed E-state index contributed by atoms with van der Waals surface area (Å²) in [5.41, 5.74) is 2.76. The number of aryl methyl sites for hydroxylation is 2. The minimum absolute atomic E-state index is 0.266. The Labute approximate surface area is 118 Å². The minimum atomic E-state index is 0.266. The van der Waals surface area contributed by atoms with Gasteiger partial charge in [0.25, 0.3) is 0 Å². The molecule has 1 aliphatic rings. The van der Waals surface area contributed by atoms with Gasteiger partial charge in [0.2, 0.25) is 11.8 Å². The Morgan fingerprint density at radius 3 is 3.05 bits per heavy atom. The monoisotopic (exact) mass is 276 g/mol. The van der Waals surface area contributed by atoms with Crippen molar-refractivity contribution in [3.8, 4) is 0 Å². The molecule has 1 aliphatic carbocycles. The first-order chi connectivity index (χ1) is 9.38. The van der Waals surface area contributed by atoms with Crippen LogP contribution in [0, 0.1) is 0 Å². The predicted molar refractivity (Wildman–Crippen MR) is 74.6 cm³/mol. The number of hydrogen-bond acceptors (Lipinski definition) is 3. The molecule has 0 saturated heterocycles. The third kappa shape index (κ3) is 2.66. The Morgan fingerprint density at radius 2 is 2.16 bits per heavy atom. The Balaban J connectivity index is 1.85. The van der Waals surface area contributed by atoms with Crippen molar-refractivity contribution in [2.24, 2.45) is 0 Å². The van der Waals surface area contributed by atoms with Crippen LogP contribution >= 0.6 is 11.6 Å². The Kier molecular flexibility index (Phi) is 3.83. The molecule has 0 fully saturated rings. The minimum Gasteiger partial charge on any atom is -0.425 e. The smallest absolute Gasteiger partial charge is 0.224 e. The van der Waals surface area contributed by atoms with Crippen molar-refractivity contribution in [3.63, 3.8) is 0 Å². The van der Waals surface area contributed by atoms with Crippen molar-refractivity contribution < 1.29 is 4.42 Å². The molecular weight excluding hydrogens is 260 g/mol. The van der Waals surface area contributed by atoms with E-state index in [-0.39, 0.29) is 5.92 Å². The van der Waals surface area contributed by atoms with E-state index in [0.29, 0.717) is 11.8 Å². The number of aromatic nitrogens is 2. The molecule has 0 spiro atoms. The van der Waals surface area contributed by atoms with Gasteiger partial charge in [-0.15, -0.1) is 21.8 Å². The largest absolute Gasteiger partial charge is 0.425 e. The maximum Gasteiger partial charge on any atom is 0.224 e. The maximum atomic E-state index is 5.80. The topological polar surface area (TPSA) is 38.9 Å². The van der Waals surface area contributed by atoms with Crippen LogP contribution in [0.25, 0.3) is 0 Å². The lowest BCUT2D eigenvalue weighted by molar-refractivity contribution is 0.412. The number of alkyl halides is 1. The highest BCUT2D eigenvalue weighted by atomic mass is 35.5. The van der Waals surface area contributed by atoms with Crippen LogP contribution in [-0.2, 0) is 12.8 Å². The highest BCUT2D eigenvalue weighted by molar-refractivity contribution is 6.17. The molecule has 2 aromatic rings. The number of fused-ring (bicyclic) bond motifs is 1. The van der Waals surface area contributed by atoms with Gasteiger partial charge in [-0.05, 0) is 36.8 Å². The van der Waals surface area contributed by atoms with Crippen LogP contribution < -0.4 is 0 Å². The summed E-state index contributed by atoms with van der Waals surface area (Å²) in [5.74, 6) is 2.36. The van der Waals surface area contributed by atoms with Crippen molar-refractivity contribution in [3.05, 3.63) is 47.2 Å². The standard InChI is InChI=1S/C15H17ClN2O/c16-10-4-9-14-17-18-15(19-14)13-8-3-6-11-5-1-2-7-12(11)13/h1-2,5,7,13H,3-4,6,8-10H2. The van der Waals surface area contributed by atoms with Crippen LogP contribution in [0.1, 0.15) is 48.1 Å². The van der Waals surface area contributed by atoms with Gasteiger partial charge in [-0.25, -0.2) is 0 Å². The van der Waals surface area contributed by atoms with Crippen molar-refractivity contribution in [2.75, 3.05) is 5.88 Å². The van der Waals surface area contributed by atoms with Crippen molar-refractivity contribution in [1.29, 1.82) is 0 Å². The molecule has 0 saturated carbocycles. The first-order valence-corrected chi connectivity index (χ1v) is 7.38. The second kappa shape index (κ2) is 5.74. The van der Waals surface area contributed by atoms with Gasteiger partial charge in [-0.2, -0.15) is 0 Å². The quantitative estimate of drug-likeness (QED) is 0.799. The van der Waals surface area contributed by atoms with Crippen LogP contribution in [0.15, 0.2) is 28.7 Å². The molecule has 19 heavy (non-hydrogen) atoms. The van der Waals surface area contributed by atoms with Crippen LogP contribution in [0.5, 0.6) is 0 Å². The highest BCUT2D eigenvalue weighted by Gasteiger charge is 2.25. The fourth-order valence-electron chi connectivity index (χ4n) is 2.74. The summed E-state index contributed by atoms with van der Waals surface area (Å²) in [4.78, 5) is 0. The molecule has 3 rings (SSSR count). The summed E-state index contributed by atoms with van der Waals surface area (Å²) in [5, 5.41) is 8.36. The molecule has 0 N–H and O–H groups in total. The van der Waals surface area contributed by atoms with E-state index >= 15 is 0 Å². The molecule has 0 amide bonds. The lowest BCUT2D eigenvalue weighted by atomic mass is 9.83. The maximum absolute atomic E-state index is 5.80. The zero-order chi connectivity index (χ0) is 13.1. The summed E-state index contributed by atoms with van der Waals surface area (Å²) >= 11 is 5.68. The van der Waals surface area contributed by atoms with E-state index in [9.17, 15) is 0 Å². The van der Waals surface area contributed by atoms with Gasteiger partial charge < -0.3 is 4.42 Å². The molecule has 0 radical (unpaired) electrons. The highest BCUT2D eigenvalue weighted by Crippen LogP contribution is 2.35. The first-order valence-electron chi connectivity index (χ1n) is 6.84. The molecule has 1 heterocycles. The van der Waals surface area contributed by atoms with E-state index in [1.165, 1.54) is 17.5 Å². The Morgan fingerprint density at radius 1 is 1.26 bits per heavy atom. The third-order valence-corrected chi connectivity index (χ3v) is 3.94. The fraction of sp³-hybridized carbons (Fsp3) is 0.467. The summed E-state index contributed by atoms with van der Waals surface area (Å²) in [6.07, 6.45) is 5.07. The SMILES string of the molecule is ClCCCc1nnc(C2CCCc3ccccc32)o1. The van der Waals surface area contributed by atoms with E-state index in [2.05, 4.69) is 34.5 Å². The van der Waals surface area contributed by atoms with E-state index in [0.717, 1.165) is 31.6 Å². The average Bonchev–Trinajstić information content (AvgIpc) is 2.93. The van der Waals surface area contributed by atoms with Crippen LogP contribution in [0.4, 0.5) is 0 Å². The molecule has 0 aliphatic heterocycles. The number of halogens is 1. The molecule has 1 atom stereocenters. The van der Waals surface area contributed by atoms with E-state index < -0.39 is 0 Å². The molecule has 1 unspecified atom stereocenters. The lowest BCUT2D eigenvalue weighted by Gasteiger charge is -2.22. The van der Waals surface area contributed by atoms with E-state index in [4.69, 9.17) is 16.0 Å². The summed E-state index contributed by atoms with van der Waals surface area (Å²) in [6, 6.07) is 8.57. The fourth-order valence-corrected chi connectivity index (χ4v) is 2.87. The van der Waals surface area contributed by atoms with Gasteiger partial charge in [0.05, 0.1) is 5.92 Å². The first kappa shape index (κ1) is 12.7. The normalized spacial score (nSPS) is 18.3. The van der Waals surface area contributed by atoms with E-state index in [1.807, 2.05) is 0 Å². The zero-order valence-corrected chi connectivity index (χ0v) is 11.6. The van der Waals surface area contributed by atoms with Crippen LogP contribution in [-0.4, -0.2) is 16.1 Å². The molecule has 3 nitrogen and oxygen atoms in total. The second-order valence-electron chi connectivity index (χ2n) is 4.97. The second-order valence-corrected chi connectivity index (χ2v) is 5.35. The molecule has 100 valence electrons. The lowest BCUT2D eigenvalue weighted by Crippen LogP contribution is -2.11. The number of nitrogens with zero attached hydrogens (tertiary/aromatic N) is 2. The zero-order valence-electron chi connectivity index (χ0n) is 10.8. The Hall–Kier alpha value is -1.35. The van der Waals surface area contributed by atoms with Crippen molar-refractivity contribution >= 4 is 11.6 Å². The van der Waals surface area contributed by atoms with Gasteiger partial charge in [0.15, 0.2) is 0 Å². The van der Waals surface area contributed by atoms with Crippen LogP contribution in [0.2, 0.25) is 0 Å². The van der Waals surface area contributed by atoms with Gasteiger partial charge in [-0.3, -0.25) is 0 Å². The number of hydrogen-bond donors (Lipinski definition) is 0. The third-order valence-electron chi connectivity index (χ3n) is 3.67. The van der Waals surface area contributed by atoms with E-state index in [1.54, 1.807) is 0 Å². The predicted octanol–water partition coefficient (Wildman–Crippen LogP) is 3.71. The molecule has 0 bridgehead atoms. The van der Waals surface area contributed by atoms with Gasteiger partial charge in [0, 0.05) is 12.3 Å². The van der Waals surface area contributed by atoms with Gasteiger partial charge in [0.1, 0.15) is 0 Å². The van der Waals surface area contributed by atoms with Gasteiger partial charge in [-0.1, -0.05) is 24.3 Å². The van der Waals surface area contributed by atoms with Crippen molar-refractivity contribution in [2.45, 2.75) is 38.0 Å². The van der Waals surface area contributed by atoms with Crippen molar-refractivity contribution in [1.82, 2.24) is 10.2 Å². The summed E-state index contributed by atoms with van der Waals surface area (Å²) in [7, 11) is 0. The number of benzene rings is 1. The molecule has 4 heteroatoms. The Bertz CT molecular complexity index is 553. The molecular formula is C15H17ClN2O. The molecule has 1 aromatic heterocycles. The molecule has 1 aromatic carbocycles. The average molecular weight is 277 g/mol. The van der Waals surface area contributed by atoms with Gasteiger partial charge >= 0.3 is 0 Å². The summed E-state index contributed by atoms with van der Waals surface area (Å²) < 4.78 is 5.80. The van der Waals surface area contributed by atoms with Crippen LogP contribution in [0.3, 0.4) is 0 Å². The number of rotatable bonds is 4.